The molecule has 0 spiro atoms. The number of halogens is 1. The van der Waals surface area contributed by atoms with Crippen molar-refractivity contribution in [2.75, 3.05) is 26.2 Å². The van der Waals surface area contributed by atoms with E-state index in [9.17, 15) is 4.79 Å². The van der Waals surface area contributed by atoms with Crippen molar-refractivity contribution >= 4 is 18.4 Å². The Labute approximate surface area is 187 Å². The number of ether oxygens (including phenoxy) is 1. The fourth-order valence-electron chi connectivity index (χ4n) is 5.15. The van der Waals surface area contributed by atoms with Gasteiger partial charge in [0.1, 0.15) is 0 Å². The highest BCUT2D eigenvalue weighted by atomic mass is 35.5. The van der Waals surface area contributed by atoms with Crippen LogP contribution in [0.3, 0.4) is 0 Å². The van der Waals surface area contributed by atoms with Crippen molar-refractivity contribution < 1.29 is 9.53 Å². The number of piperidine rings is 1. The molecule has 4 heteroatoms. The smallest absolute Gasteiger partial charge is 0.316 e. The molecule has 162 valence electrons. The second-order valence-electron chi connectivity index (χ2n) is 8.67. The number of rotatable bonds is 7. The van der Waals surface area contributed by atoms with Crippen LogP contribution in [0.5, 0.6) is 0 Å². The van der Waals surface area contributed by atoms with E-state index in [0.717, 1.165) is 57.3 Å². The van der Waals surface area contributed by atoms with Crippen LogP contribution in [0.4, 0.5) is 0 Å². The summed E-state index contributed by atoms with van der Waals surface area (Å²) < 4.78 is 5.80. The van der Waals surface area contributed by atoms with Crippen molar-refractivity contribution in [1.82, 2.24) is 4.90 Å². The molecule has 1 heterocycles. The van der Waals surface area contributed by atoms with E-state index in [-0.39, 0.29) is 18.4 Å². The van der Waals surface area contributed by atoms with Crippen molar-refractivity contribution in [1.29, 1.82) is 0 Å². The zero-order chi connectivity index (χ0) is 19.9. The summed E-state index contributed by atoms with van der Waals surface area (Å²) in [7, 11) is 0. The van der Waals surface area contributed by atoms with Crippen LogP contribution >= 0.6 is 12.4 Å². The first-order valence-corrected chi connectivity index (χ1v) is 11.3. The van der Waals surface area contributed by atoms with Crippen LogP contribution in [0.15, 0.2) is 60.7 Å². The topological polar surface area (TPSA) is 29.5 Å². The molecule has 1 aliphatic carbocycles. The minimum Gasteiger partial charge on any atom is -0.465 e. The quantitative estimate of drug-likeness (QED) is 0.417. The van der Waals surface area contributed by atoms with Crippen LogP contribution in [0, 0.1) is 0 Å². The predicted octanol–water partition coefficient (Wildman–Crippen LogP) is 5.73. The number of likely N-dealkylation sites (tertiary alicyclic amines) is 1. The number of hydrogen-bond donors (Lipinski definition) is 0. The lowest BCUT2D eigenvalue weighted by Gasteiger charge is -2.32. The van der Waals surface area contributed by atoms with E-state index in [0.29, 0.717) is 12.5 Å². The number of benzene rings is 2. The normalized spacial score (nSPS) is 19.2. The van der Waals surface area contributed by atoms with Crippen LogP contribution in [-0.2, 0) is 14.9 Å². The predicted molar refractivity (Wildman–Crippen MR) is 124 cm³/mol. The van der Waals surface area contributed by atoms with Gasteiger partial charge in [-0.1, -0.05) is 73.5 Å². The van der Waals surface area contributed by atoms with Crippen LogP contribution in [-0.4, -0.2) is 37.1 Å². The molecule has 2 aliphatic rings. The van der Waals surface area contributed by atoms with Gasteiger partial charge in [-0.3, -0.25) is 4.79 Å². The van der Waals surface area contributed by atoms with Crippen molar-refractivity contribution in [3.05, 3.63) is 71.8 Å². The largest absolute Gasteiger partial charge is 0.465 e. The second-order valence-corrected chi connectivity index (χ2v) is 8.67. The SMILES string of the molecule is Cl.O=C(OCCCN1CCC(c2ccccc2)CC1)C1(c2ccccc2)CCCC1. The van der Waals surface area contributed by atoms with Gasteiger partial charge in [-0.25, -0.2) is 0 Å². The molecular weight excluding hydrogens is 394 g/mol. The fraction of sp³-hybridized carbons (Fsp3) is 0.500. The molecule has 0 atom stereocenters. The number of carbonyl (C=O) groups excluding carboxylic acids is 1. The summed E-state index contributed by atoms with van der Waals surface area (Å²) in [4.78, 5) is 15.5. The monoisotopic (exact) mass is 427 g/mol. The summed E-state index contributed by atoms with van der Waals surface area (Å²) in [6.07, 6.45) is 7.43. The number of esters is 1. The summed E-state index contributed by atoms with van der Waals surface area (Å²) >= 11 is 0. The molecule has 30 heavy (non-hydrogen) atoms. The minimum absolute atomic E-state index is 0. The molecule has 2 aromatic carbocycles. The average Bonchev–Trinajstić information content (AvgIpc) is 3.30. The van der Waals surface area contributed by atoms with Gasteiger partial charge in [0, 0.05) is 6.54 Å². The third kappa shape index (κ3) is 5.25. The van der Waals surface area contributed by atoms with Gasteiger partial charge in [0.05, 0.1) is 12.0 Å². The Morgan fingerprint density at radius 2 is 1.53 bits per heavy atom. The van der Waals surface area contributed by atoms with Crippen LogP contribution in [0.2, 0.25) is 0 Å². The van der Waals surface area contributed by atoms with Gasteiger partial charge < -0.3 is 9.64 Å². The Hall–Kier alpha value is -1.84. The molecule has 2 aromatic rings. The Kier molecular flexibility index (Phi) is 8.35. The molecule has 0 bridgehead atoms. The standard InChI is InChI=1S/C26H33NO2.ClH/c28-25(26(16-7-8-17-26)24-12-5-2-6-13-24)29-21-9-18-27-19-14-23(15-20-27)22-10-3-1-4-11-22;/h1-6,10-13,23H,7-9,14-21H2;1H. The first-order valence-electron chi connectivity index (χ1n) is 11.3. The molecule has 1 aliphatic heterocycles. The van der Waals surface area contributed by atoms with E-state index >= 15 is 0 Å². The Bertz CT molecular complexity index is 766. The number of carbonyl (C=O) groups is 1. The molecule has 0 amide bonds. The maximum Gasteiger partial charge on any atom is 0.316 e. The molecule has 0 N–H and O–H groups in total. The van der Waals surface area contributed by atoms with Crippen molar-refractivity contribution in [2.24, 2.45) is 0 Å². The average molecular weight is 428 g/mol. The molecule has 4 rings (SSSR count). The maximum atomic E-state index is 13.0. The summed E-state index contributed by atoms with van der Waals surface area (Å²) in [5, 5.41) is 0. The van der Waals surface area contributed by atoms with E-state index < -0.39 is 5.41 Å². The van der Waals surface area contributed by atoms with Gasteiger partial charge in [0.2, 0.25) is 0 Å². The van der Waals surface area contributed by atoms with Gasteiger partial charge in [-0.05, 0) is 62.2 Å². The number of nitrogens with zero attached hydrogens (tertiary/aromatic N) is 1. The number of hydrogen-bond acceptors (Lipinski definition) is 3. The second kappa shape index (κ2) is 11.0. The van der Waals surface area contributed by atoms with E-state index in [1.807, 2.05) is 18.2 Å². The van der Waals surface area contributed by atoms with Crippen LogP contribution < -0.4 is 0 Å². The van der Waals surface area contributed by atoms with Crippen molar-refractivity contribution in [2.45, 2.75) is 56.3 Å². The van der Waals surface area contributed by atoms with E-state index in [2.05, 4.69) is 47.4 Å². The van der Waals surface area contributed by atoms with Gasteiger partial charge in [0.25, 0.3) is 0 Å². The van der Waals surface area contributed by atoms with Crippen molar-refractivity contribution in [3.63, 3.8) is 0 Å². The third-order valence-corrected chi connectivity index (χ3v) is 6.88. The molecule has 3 nitrogen and oxygen atoms in total. The lowest BCUT2D eigenvalue weighted by molar-refractivity contribution is -0.150. The molecule has 0 unspecified atom stereocenters. The highest BCUT2D eigenvalue weighted by Gasteiger charge is 2.43. The zero-order valence-electron chi connectivity index (χ0n) is 17.8. The summed E-state index contributed by atoms with van der Waals surface area (Å²) in [6, 6.07) is 21.1. The maximum absolute atomic E-state index is 13.0. The Balaban J connectivity index is 0.00000256. The summed E-state index contributed by atoms with van der Waals surface area (Å²) in [5.74, 6) is 0.683. The first kappa shape index (κ1) is 22.8. The summed E-state index contributed by atoms with van der Waals surface area (Å²) in [6.45, 7) is 3.84. The van der Waals surface area contributed by atoms with Crippen molar-refractivity contribution in [3.8, 4) is 0 Å². The van der Waals surface area contributed by atoms with E-state index in [1.165, 1.54) is 18.4 Å². The van der Waals surface area contributed by atoms with Crippen LogP contribution in [0.1, 0.15) is 62.0 Å². The van der Waals surface area contributed by atoms with E-state index in [1.54, 1.807) is 0 Å². The highest BCUT2D eigenvalue weighted by Crippen LogP contribution is 2.42. The molecule has 0 radical (unpaired) electrons. The Morgan fingerprint density at radius 3 is 2.17 bits per heavy atom. The summed E-state index contributed by atoms with van der Waals surface area (Å²) in [5.41, 5.74) is 2.20. The highest BCUT2D eigenvalue weighted by molar-refractivity contribution is 5.85. The lowest BCUT2D eigenvalue weighted by atomic mass is 9.79. The third-order valence-electron chi connectivity index (χ3n) is 6.88. The van der Waals surface area contributed by atoms with Gasteiger partial charge in [-0.15, -0.1) is 12.4 Å². The molecule has 1 saturated carbocycles. The zero-order valence-corrected chi connectivity index (χ0v) is 18.6. The fourth-order valence-corrected chi connectivity index (χ4v) is 5.15. The minimum atomic E-state index is -0.407. The van der Waals surface area contributed by atoms with E-state index in [4.69, 9.17) is 4.74 Å². The molecule has 2 fully saturated rings. The molecule has 0 aromatic heterocycles. The first-order chi connectivity index (χ1) is 14.3. The van der Waals surface area contributed by atoms with Gasteiger partial charge in [-0.2, -0.15) is 0 Å². The van der Waals surface area contributed by atoms with Gasteiger partial charge in [0.15, 0.2) is 0 Å². The van der Waals surface area contributed by atoms with Crippen LogP contribution in [0.25, 0.3) is 0 Å². The molecule has 1 saturated heterocycles. The van der Waals surface area contributed by atoms with Gasteiger partial charge >= 0.3 is 5.97 Å². The Morgan fingerprint density at radius 1 is 0.933 bits per heavy atom. The molecular formula is C26H34ClNO2. The lowest BCUT2D eigenvalue weighted by Crippen LogP contribution is -2.36.